The lowest BCUT2D eigenvalue weighted by Crippen LogP contribution is -2.52. The number of aryl methyl sites for hydroxylation is 2. The van der Waals surface area contributed by atoms with Gasteiger partial charge in [0, 0.05) is 26.2 Å². The van der Waals surface area contributed by atoms with Crippen LogP contribution in [0.3, 0.4) is 0 Å². The van der Waals surface area contributed by atoms with Gasteiger partial charge in [-0.3, -0.25) is 4.79 Å². The van der Waals surface area contributed by atoms with Crippen molar-refractivity contribution in [1.82, 2.24) is 4.90 Å². The predicted octanol–water partition coefficient (Wildman–Crippen LogP) is 3.87. The quantitative estimate of drug-likeness (QED) is 0.819. The highest BCUT2D eigenvalue weighted by Crippen LogP contribution is 2.25. The standard InChI is InChI=1S/C22H27FN2O2/c1-15-13-16(2)17(3)21(14-15)27-18(4)22(26)25-11-9-24(10-12-25)20-8-6-5-7-19(20)23/h5-8,13-14,18H,9-12H2,1-4H3/t18-/m0/s1. The van der Waals surface area contributed by atoms with Gasteiger partial charge in [-0.15, -0.1) is 0 Å². The Morgan fingerprint density at radius 3 is 2.41 bits per heavy atom. The summed E-state index contributed by atoms with van der Waals surface area (Å²) in [5, 5.41) is 0. The van der Waals surface area contributed by atoms with Gasteiger partial charge in [0.05, 0.1) is 5.69 Å². The Morgan fingerprint density at radius 2 is 1.74 bits per heavy atom. The van der Waals surface area contributed by atoms with Gasteiger partial charge in [0.15, 0.2) is 6.10 Å². The number of piperazine rings is 1. The molecule has 4 nitrogen and oxygen atoms in total. The molecule has 0 radical (unpaired) electrons. The molecule has 0 saturated carbocycles. The van der Waals surface area contributed by atoms with Crippen LogP contribution in [-0.4, -0.2) is 43.1 Å². The number of carbonyl (C=O) groups is 1. The van der Waals surface area contributed by atoms with Crippen molar-refractivity contribution in [2.75, 3.05) is 31.1 Å². The third-order valence-electron chi connectivity index (χ3n) is 5.20. The van der Waals surface area contributed by atoms with Gasteiger partial charge in [-0.05, 0) is 62.6 Å². The Labute approximate surface area is 160 Å². The lowest BCUT2D eigenvalue weighted by molar-refractivity contribution is -0.138. The van der Waals surface area contributed by atoms with Gasteiger partial charge in [0.1, 0.15) is 11.6 Å². The maximum atomic E-state index is 14.0. The van der Waals surface area contributed by atoms with Crippen LogP contribution in [0, 0.1) is 26.6 Å². The maximum Gasteiger partial charge on any atom is 0.263 e. The summed E-state index contributed by atoms with van der Waals surface area (Å²) in [6.45, 7) is 10.2. The Balaban J connectivity index is 1.61. The van der Waals surface area contributed by atoms with Crippen molar-refractivity contribution in [1.29, 1.82) is 0 Å². The van der Waals surface area contributed by atoms with Crippen LogP contribution in [0.4, 0.5) is 10.1 Å². The first-order valence-electron chi connectivity index (χ1n) is 9.39. The molecule has 144 valence electrons. The number of rotatable bonds is 4. The van der Waals surface area contributed by atoms with Gasteiger partial charge in [-0.2, -0.15) is 0 Å². The summed E-state index contributed by atoms with van der Waals surface area (Å²) in [6.07, 6.45) is -0.551. The first-order valence-corrected chi connectivity index (χ1v) is 9.39. The van der Waals surface area contributed by atoms with Gasteiger partial charge in [0.25, 0.3) is 5.91 Å². The van der Waals surface area contributed by atoms with E-state index in [1.54, 1.807) is 24.0 Å². The van der Waals surface area contributed by atoms with Crippen LogP contribution in [0.15, 0.2) is 36.4 Å². The van der Waals surface area contributed by atoms with Crippen molar-refractivity contribution in [3.8, 4) is 5.75 Å². The number of hydrogen-bond acceptors (Lipinski definition) is 3. The molecule has 2 aromatic carbocycles. The second-order valence-corrected chi connectivity index (χ2v) is 7.23. The molecule has 0 aromatic heterocycles. The first kappa shape index (κ1) is 19.2. The third kappa shape index (κ3) is 4.24. The van der Waals surface area contributed by atoms with Crippen molar-refractivity contribution in [2.45, 2.75) is 33.8 Å². The van der Waals surface area contributed by atoms with E-state index in [-0.39, 0.29) is 11.7 Å². The maximum absolute atomic E-state index is 14.0. The van der Waals surface area contributed by atoms with E-state index in [0.717, 1.165) is 22.4 Å². The molecule has 1 aliphatic rings. The smallest absolute Gasteiger partial charge is 0.263 e. The van der Waals surface area contributed by atoms with E-state index in [9.17, 15) is 9.18 Å². The number of ether oxygens (including phenoxy) is 1. The highest BCUT2D eigenvalue weighted by molar-refractivity contribution is 5.81. The van der Waals surface area contributed by atoms with Gasteiger partial charge < -0.3 is 14.5 Å². The van der Waals surface area contributed by atoms with Crippen molar-refractivity contribution in [3.05, 3.63) is 58.9 Å². The molecule has 1 amide bonds. The Morgan fingerprint density at radius 1 is 1.07 bits per heavy atom. The van der Waals surface area contributed by atoms with Crippen molar-refractivity contribution >= 4 is 11.6 Å². The molecule has 1 atom stereocenters. The minimum absolute atomic E-state index is 0.0262. The molecule has 3 rings (SSSR count). The van der Waals surface area contributed by atoms with E-state index in [2.05, 4.69) is 6.07 Å². The highest BCUT2D eigenvalue weighted by atomic mass is 19.1. The summed E-state index contributed by atoms with van der Waals surface area (Å²) in [5.41, 5.74) is 3.93. The Hall–Kier alpha value is -2.56. The molecule has 2 aromatic rings. The zero-order chi connectivity index (χ0) is 19.6. The number of halogens is 1. The van der Waals surface area contributed by atoms with Gasteiger partial charge in [-0.25, -0.2) is 4.39 Å². The number of anilines is 1. The molecule has 0 N–H and O–H groups in total. The molecule has 0 aliphatic carbocycles. The number of hydrogen-bond donors (Lipinski definition) is 0. The van der Waals surface area contributed by atoms with Crippen LogP contribution in [0.1, 0.15) is 23.6 Å². The normalized spacial score (nSPS) is 15.6. The van der Waals surface area contributed by atoms with Crippen LogP contribution in [-0.2, 0) is 4.79 Å². The van der Waals surface area contributed by atoms with E-state index < -0.39 is 6.10 Å². The molecule has 0 unspecified atom stereocenters. The lowest BCUT2D eigenvalue weighted by atomic mass is 10.1. The average Bonchev–Trinajstić information content (AvgIpc) is 2.65. The van der Waals surface area contributed by atoms with E-state index in [1.165, 1.54) is 6.07 Å². The fourth-order valence-corrected chi connectivity index (χ4v) is 3.50. The molecule has 0 bridgehead atoms. The number of nitrogens with zero attached hydrogens (tertiary/aromatic N) is 2. The lowest BCUT2D eigenvalue weighted by Gasteiger charge is -2.37. The Bertz CT molecular complexity index is 829. The summed E-state index contributed by atoms with van der Waals surface area (Å²) < 4.78 is 19.9. The summed E-state index contributed by atoms with van der Waals surface area (Å²) in [7, 11) is 0. The van der Waals surface area contributed by atoms with Gasteiger partial charge >= 0.3 is 0 Å². The topological polar surface area (TPSA) is 32.8 Å². The number of benzene rings is 2. The number of carbonyl (C=O) groups excluding carboxylic acids is 1. The molecular weight excluding hydrogens is 343 g/mol. The fraction of sp³-hybridized carbons (Fsp3) is 0.409. The van der Waals surface area contributed by atoms with E-state index >= 15 is 0 Å². The van der Waals surface area contributed by atoms with Crippen molar-refractivity contribution in [3.63, 3.8) is 0 Å². The zero-order valence-electron chi connectivity index (χ0n) is 16.5. The minimum atomic E-state index is -0.551. The summed E-state index contributed by atoms with van der Waals surface area (Å²) in [4.78, 5) is 16.6. The van der Waals surface area contributed by atoms with E-state index in [4.69, 9.17) is 4.74 Å². The predicted molar refractivity (Wildman–Crippen MR) is 106 cm³/mol. The molecular formula is C22H27FN2O2. The van der Waals surface area contributed by atoms with Crippen molar-refractivity contribution < 1.29 is 13.9 Å². The molecule has 1 aliphatic heterocycles. The number of amides is 1. The highest BCUT2D eigenvalue weighted by Gasteiger charge is 2.27. The molecule has 1 heterocycles. The molecule has 27 heavy (non-hydrogen) atoms. The molecule has 1 saturated heterocycles. The first-order chi connectivity index (χ1) is 12.9. The molecule has 0 spiro atoms. The zero-order valence-corrected chi connectivity index (χ0v) is 16.5. The van der Waals surface area contributed by atoms with Gasteiger partial charge in [0.2, 0.25) is 0 Å². The van der Waals surface area contributed by atoms with E-state index in [1.807, 2.05) is 37.8 Å². The Kier molecular flexibility index (Phi) is 5.68. The largest absolute Gasteiger partial charge is 0.481 e. The average molecular weight is 370 g/mol. The summed E-state index contributed by atoms with van der Waals surface area (Å²) >= 11 is 0. The number of para-hydroxylation sites is 1. The summed E-state index contributed by atoms with van der Waals surface area (Å²) in [6, 6.07) is 10.8. The molecule has 1 fully saturated rings. The van der Waals surface area contributed by atoms with Crippen LogP contribution < -0.4 is 9.64 Å². The van der Waals surface area contributed by atoms with Crippen LogP contribution >= 0.6 is 0 Å². The monoisotopic (exact) mass is 370 g/mol. The molecule has 5 heteroatoms. The van der Waals surface area contributed by atoms with Crippen LogP contribution in [0.2, 0.25) is 0 Å². The van der Waals surface area contributed by atoms with E-state index in [0.29, 0.717) is 31.9 Å². The van der Waals surface area contributed by atoms with Gasteiger partial charge in [-0.1, -0.05) is 18.2 Å². The summed E-state index contributed by atoms with van der Waals surface area (Å²) in [5.74, 6) is 0.513. The van der Waals surface area contributed by atoms with Crippen LogP contribution in [0.5, 0.6) is 5.75 Å². The van der Waals surface area contributed by atoms with Crippen LogP contribution in [0.25, 0.3) is 0 Å². The third-order valence-corrected chi connectivity index (χ3v) is 5.20. The van der Waals surface area contributed by atoms with Crippen molar-refractivity contribution in [2.24, 2.45) is 0 Å². The minimum Gasteiger partial charge on any atom is -0.481 e. The second-order valence-electron chi connectivity index (χ2n) is 7.23. The second kappa shape index (κ2) is 7.99. The fourth-order valence-electron chi connectivity index (χ4n) is 3.50. The SMILES string of the molecule is Cc1cc(C)c(C)c(O[C@@H](C)C(=O)N2CCN(c3ccccc3F)CC2)c1.